The number of nitrogens with zero attached hydrogens (tertiary/aromatic N) is 1. The molecule has 2 nitrogen and oxygen atoms in total. The van der Waals surface area contributed by atoms with E-state index in [1.54, 1.807) is 19.4 Å². The lowest BCUT2D eigenvalue weighted by Crippen LogP contribution is -1.84. The second-order valence-corrected chi connectivity index (χ2v) is 2.90. The minimum atomic E-state index is 0.811. The van der Waals surface area contributed by atoms with E-state index in [0.717, 1.165) is 16.9 Å². The first-order valence-electron chi connectivity index (χ1n) is 4.35. The van der Waals surface area contributed by atoms with E-state index in [4.69, 9.17) is 4.74 Å². The SMILES string of the molecule is COc1c[c]cc(-c2cccnc2)c1. The number of hydrogen-bond acceptors (Lipinski definition) is 2. The summed E-state index contributed by atoms with van der Waals surface area (Å²) < 4.78 is 5.12. The summed E-state index contributed by atoms with van der Waals surface area (Å²) in [6.07, 6.45) is 3.58. The second-order valence-electron chi connectivity index (χ2n) is 2.90. The van der Waals surface area contributed by atoms with Crippen LogP contribution >= 0.6 is 0 Å². The number of methoxy groups -OCH3 is 1. The molecule has 0 atom stereocenters. The van der Waals surface area contributed by atoms with E-state index >= 15 is 0 Å². The van der Waals surface area contributed by atoms with E-state index in [1.165, 1.54) is 0 Å². The summed E-state index contributed by atoms with van der Waals surface area (Å²) in [6, 6.07) is 12.6. The smallest absolute Gasteiger partial charge is 0.120 e. The topological polar surface area (TPSA) is 22.1 Å². The van der Waals surface area contributed by atoms with Crippen LogP contribution in [-0.2, 0) is 0 Å². The van der Waals surface area contributed by atoms with Crippen molar-refractivity contribution < 1.29 is 4.74 Å². The Kier molecular flexibility index (Phi) is 2.45. The largest absolute Gasteiger partial charge is 0.497 e. The van der Waals surface area contributed by atoms with Gasteiger partial charge in [-0.25, -0.2) is 0 Å². The predicted molar refractivity (Wildman–Crippen MR) is 55.1 cm³/mol. The Morgan fingerprint density at radius 3 is 2.93 bits per heavy atom. The van der Waals surface area contributed by atoms with Gasteiger partial charge in [-0.1, -0.05) is 6.07 Å². The molecule has 69 valence electrons. The molecule has 0 saturated carbocycles. The Balaban J connectivity index is 2.42. The fourth-order valence-corrected chi connectivity index (χ4v) is 1.27. The Labute approximate surface area is 83.2 Å². The van der Waals surface area contributed by atoms with Crippen LogP contribution in [0.2, 0.25) is 0 Å². The van der Waals surface area contributed by atoms with Gasteiger partial charge in [0.05, 0.1) is 7.11 Å². The highest BCUT2D eigenvalue weighted by atomic mass is 16.5. The summed E-state index contributed by atoms with van der Waals surface area (Å²) in [5.41, 5.74) is 2.14. The molecule has 0 unspecified atom stereocenters. The Morgan fingerprint density at radius 1 is 1.29 bits per heavy atom. The zero-order valence-corrected chi connectivity index (χ0v) is 7.90. The van der Waals surface area contributed by atoms with Crippen LogP contribution in [0, 0.1) is 6.07 Å². The lowest BCUT2D eigenvalue weighted by Gasteiger charge is -2.03. The maximum Gasteiger partial charge on any atom is 0.120 e. The van der Waals surface area contributed by atoms with E-state index < -0.39 is 0 Å². The molecule has 0 aliphatic rings. The number of aromatic nitrogens is 1. The molecule has 0 bridgehead atoms. The van der Waals surface area contributed by atoms with Gasteiger partial charge in [0.25, 0.3) is 0 Å². The van der Waals surface area contributed by atoms with Crippen molar-refractivity contribution in [3.63, 3.8) is 0 Å². The Hall–Kier alpha value is -1.83. The molecule has 2 aromatic rings. The molecular formula is C12H10NO. The van der Waals surface area contributed by atoms with E-state index in [-0.39, 0.29) is 0 Å². The van der Waals surface area contributed by atoms with E-state index in [1.807, 2.05) is 30.5 Å². The Bertz CT molecular complexity index is 412. The molecule has 0 spiro atoms. The maximum atomic E-state index is 5.12. The first-order chi connectivity index (χ1) is 6.90. The molecule has 1 heterocycles. The summed E-state index contributed by atoms with van der Waals surface area (Å²) >= 11 is 0. The summed E-state index contributed by atoms with van der Waals surface area (Å²) in [5, 5.41) is 0. The third kappa shape index (κ3) is 1.74. The third-order valence-electron chi connectivity index (χ3n) is 1.99. The van der Waals surface area contributed by atoms with Crippen LogP contribution in [0.1, 0.15) is 0 Å². The molecule has 0 fully saturated rings. The lowest BCUT2D eigenvalue weighted by atomic mass is 10.1. The highest BCUT2D eigenvalue weighted by Gasteiger charge is 1.98. The van der Waals surface area contributed by atoms with Gasteiger partial charge in [0.2, 0.25) is 0 Å². The summed E-state index contributed by atoms with van der Waals surface area (Å²) in [6.45, 7) is 0. The van der Waals surface area contributed by atoms with Gasteiger partial charge in [0.1, 0.15) is 5.75 Å². The molecule has 1 aromatic heterocycles. The van der Waals surface area contributed by atoms with Crippen molar-refractivity contribution in [2.45, 2.75) is 0 Å². The molecule has 0 aliphatic carbocycles. The number of rotatable bonds is 2. The predicted octanol–water partition coefficient (Wildman–Crippen LogP) is 2.56. The summed E-state index contributed by atoms with van der Waals surface area (Å²) in [4.78, 5) is 4.06. The molecule has 0 saturated heterocycles. The van der Waals surface area contributed by atoms with Crippen LogP contribution in [0.5, 0.6) is 5.75 Å². The molecule has 2 heteroatoms. The normalized spacial score (nSPS) is 9.79. The third-order valence-corrected chi connectivity index (χ3v) is 1.99. The van der Waals surface area contributed by atoms with E-state index in [2.05, 4.69) is 11.1 Å². The Morgan fingerprint density at radius 2 is 2.21 bits per heavy atom. The molecule has 14 heavy (non-hydrogen) atoms. The fraction of sp³-hybridized carbons (Fsp3) is 0.0833. The van der Waals surface area contributed by atoms with Crippen molar-refractivity contribution in [3.05, 3.63) is 48.8 Å². The number of ether oxygens (including phenoxy) is 1. The number of hydrogen-bond donors (Lipinski definition) is 0. The van der Waals surface area contributed by atoms with Crippen molar-refractivity contribution >= 4 is 0 Å². The van der Waals surface area contributed by atoms with Crippen molar-refractivity contribution in [2.75, 3.05) is 7.11 Å². The maximum absolute atomic E-state index is 5.12. The summed E-state index contributed by atoms with van der Waals surface area (Å²) in [7, 11) is 1.65. The van der Waals surface area contributed by atoms with Crippen molar-refractivity contribution in [1.29, 1.82) is 0 Å². The molecule has 1 radical (unpaired) electrons. The number of pyridine rings is 1. The average molecular weight is 184 g/mol. The fourth-order valence-electron chi connectivity index (χ4n) is 1.27. The highest BCUT2D eigenvalue weighted by molar-refractivity contribution is 5.63. The van der Waals surface area contributed by atoms with Crippen LogP contribution in [0.3, 0.4) is 0 Å². The zero-order chi connectivity index (χ0) is 9.80. The lowest BCUT2D eigenvalue weighted by molar-refractivity contribution is 0.415. The van der Waals surface area contributed by atoms with E-state index in [9.17, 15) is 0 Å². The van der Waals surface area contributed by atoms with Gasteiger partial charge in [-0.05, 0) is 35.9 Å². The first-order valence-corrected chi connectivity index (χ1v) is 4.35. The molecule has 0 aliphatic heterocycles. The van der Waals surface area contributed by atoms with Crippen molar-refractivity contribution in [3.8, 4) is 16.9 Å². The first kappa shape index (κ1) is 8.75. The van der Waals surface area contributed by atoms with Gasteiger partial charge in [-0.3, -0.25) is 4.98 Å². The minimum Gasteiger partial charge on any atom is -0.497 e. The van der Waals surface area contributed by atoms with Gasteiger partial charge in [-0.2, -0.15) is 0 Å². The van der Waals surface area contributed by atoms with Gasteiger partial charge >= 0.3 is 0 Å². The van der Waals surface area contributed by atoms with Crippen LogP contribution < -0.4 is 4.74 Å². The van der Waals surface area contributed by atoms with Gasteiger partial charge in [0, 0.05) is 18.0 Å². The summed E-state index contributed by atoms with van der Waals surface area (Å²) in [5.74, 6) is 0.811. The van der Waals surface area contributed by atoms with Gasteiger partial charge < -0.3 is 4.74 Å². The standard InChI is InChI=1S/C12H10NO/c1-14-12-6-2-4-10(8-12)11-5-3-7-13-9-11/h3-9H,1H3. The van der Waals surface area contributed by atoms with Crippen LogP contribution in [-0.4, -0.2) is 12.1 Å². The second kappa shape index (κ2) is 3.92. The van der Waals surface area contributed by atoms with Crippen LogP contribution in [0.25, 0.3) is 11.1 Å². The highest BCUT2D eigenvalue weighted by Crippen LogP contribution is 2.22. The minimum absolute atomic E-state index is 0.811. The number of benzene rings is 1. The van der Waals surface area contributed by atoms with Crippen molar-refractivity contribution in [1.82, 2.24) is 4.98 Å². The van der Waals surface area contributed by atoms with Crippen LogP contribution in [0.15, 0.2) is 42.7 Å². The zero-order valence-electron chi connectivity index (χ0n) is 7.90. The van der Waals surface area contributed by atoms with Gasteiger partial charge in [0.15, 0.2) is 0 Å². The monoisotopic (exact) mass is 184 g/mol. The molecule has 2 rings (SSSR count). The molecule has 0 amide bonds. The van der Waals surface area contributed by atoms with Gasteiger partial charge in [-0.15, -0.1) is 0 Å². The van der Waals surface area contributed by atoms with Crippen molar-refractivity contribution in [2.24, 2.45) is 0 Å². The molecule has 1 aromatic carbocycles. The molecule has 0 N–H and O–H groups in total. The quantitative estimate of drug-likeness (QED) is 0.715. The molecular weight excluding hydrogens is 174 g/mol. The average Bonchev–Trinajstić information content (AvgIpc) is 2.30. The van der Waals surface area contributed by atoms with Crippen LogP contribution in [0.4, 0.5) is 0 Å². The van der Waals surface area contributed by atoms with E-state index in [0.29, 0.717) is 0 Å².